The third-order valence-electron chi connectivity index (χ3n) is 2.98. The van der Waals surface area contributed by atoms with Gasteiger partial charge in [0.05, 0.1) is 10.7 Å². The molecule has 22 heavy (non-hydrogen) atoms. The molecule has 0 unspecified atom stereocenters. The number of nitro groups is 1. The van der Waals surface area contributed by atoms with E-state index in [4.69, 9.17) is 0 Å². The summed E-state index contributed by atoms with van der Waals surface area (Å²) in [5.74, 6) is 0.279. The number of aromatic nitrogens is 1. The normalized spacial score (nSPS) is 10.2. The quantitative estimate of drug-likeness (QED) is 0.465. The molecule has 0 bridgehead atoms. The molecular formula is C15H15N3O3S. The highest BCUT2D eigenvalue weighted by molar-refractivity contribution is 8.00. The van der Waals surface area contributed by atoms with Gasteiger partial charge in [0.2, 0.25) is 5.91 Å². The molecule has 1 amide bonds. The third kappa shape index (κ3) is 4.56. The van der Waals surface area contributed by atoms with Crippen molar-refractivity contribution in [1.29, 1.82) is 0 Å². The summed E-state index contributed by atoms with van der Waals surface area (Å²) in [6.45, 7) is 0.507. The van der Waals surface area contributed by atoms with Crippen LogP contribution in [-0.4, -0.2) is 33.5 Å². The molecule has 0 N–H and O–H groups in total. The molecule has 114 valence electrons. The Morgan fingerprint density at radius 2 is 2.05 bits per heavy atom. The highest BCUT2D eigenvalue weighted by atomic mass is 32.2. The fourth-order valence-electron chi connectivity index (χ4n) is 1.77. The predicted molar refractivity (Wildman–Crippen MR) is 84.5 cm³/mol. The largest absolute Gasteiger partial charge is 0.341 e. The topological polar surface area (TPSA) is 76.3 Å². The number of hydrogen-bond donors (Lipinski definition) is 0. The molecule has 0 fully saturated rings. The molecule has 6 nitrogen and oxygen atoms in total. The molecule has 0 spiro atoms. The first-order valence-electron chi connectivity index (χ1n) is 6.56. The van der Waals surface area contributed by atoms with E-state index >= 15 is 0 Å². The van der Waals surface area contributed by atoms with Crippen molar-refractivity contribution >= 4 is 23.4 Å². The number of carbonyl (C=O) groups is 1. The molecular weight excluding hydrogens is 302 g/mol. The molecule has 0 atom stereocenters. The van der Waals surface area contributed by atoms with E-state index in [1.807, 2.05) is 12.1 Å². The van der Waals surface area contributed by atoms with Crippen molar-refractivity contribution in [2.24, 2.45) is 0 Å². The van der Waals surface area contributed by atoms with Crippen LogP contribution in [0.15, 0.2) is 53.7 Å². The van der Waals surface area contributed by atoms with Crippen LogP contribution in [0.3, 0.4) is 0 Å². The first-order chi connectivity index (χ1) is 10.6. The maximum absolute atomic E-state index is 12.1. The summed E-state index contributed by atoms with van der Waals surface area (Å²) in [5, 5.41) is 10.6. The Hall–Kier alpha value is -2.41. The van der Waals surface area contributed by atoms with Gasteiger partial charge in [-0.15, -0.1) is 11.8 Å². The molecule has 1 aromatic heterocycles. The number of hydrogen-bond acceptors (Lipinski definition) is 5. The van der Waals surface area contributed by atoms with Crippen LogP contribution in [0.25, 0.3) is 0 Å². The monoisotopic (exact) mass is 317 g/mol. The molecule has 1 aromatic carbocycles. The van der Waals surface area contributed by atoms with Gasteiger partial charge in [-0.3, -0.25) is 19.9 Å². The van der Waals surface area contributed by atoms with E-state index in [0.29, 0.717) is 6.54 Å². The number of thioether (sulfide) groups is 1. The molecule has 2 aromatic rings. The number of amides is 1. The highest BCUT2D eigenvalue weighted by Crippen LogP contribution is 2.21. The van der Waals surface area contributed by atoms with E-state index in [-0.39, 0.29) is 17.3 Å². The zero-order valence-corrected chi connectivity index (χ0v) is 12.8. The van der Waals surface area contributed by atoms with Crippen molar-refractivity contribution in [3.8, 4) is 0 Å². The predicted octanol–water partition coefficient (Wildman–Crippen LogP) is 2.74. The average Bonchev–Trinajstić information content (AvgIpc) is 2.53. The van der Waals surface area contributed by atoms with Gasteiger partial charge < -0.3 is 4.90 Å². The van der Waals surface area contributed by atoms with E-state index in [0.717, 1.165) is 10.5 Å². The van der Waals surface area contributed by atoms with Gasteiger partial charge in [0.15, 0.2) is 0 Å². The lowest BCUT2D eigenvalue weighted by Crippen LogP contribution is -2.27. The molecule has 1 heterocycles. The number of benzene rings is 1. The molecule has 0 aliphatic rings. The summed E-state index contributed by atoms with van der Waals surface area (Å²) in [5.41, 5.74) is 1.02. The molecule has 0 saturated carbocycles. The molecule has 0 radical (unpaired) electrons. The number of carbonyl (C=O) groups excluding carboxylic acids is 1. The average molecular weight is 317 g/mol. The Morgan fingerprint density at radius 1 is 1.32 bits per heavy atom. The second-order valence-corrected chi connectivity index (χ2v) is 5.70. The van der Waals surface area contributed by atoms with E-state index in [9.17, 15) is 14.9 Å². The fourth-order valence-corrected chi connectivity index (χ4v) is 2.61. The Balaban J connectivity index is 1.85. The van der Waals surface area contributed by atoms with Crippen LogP contribution >= 0.6 is 11.8 Å². The number of nitrogens with zero attached hydrogens (tertiary/aromatic N) is 3. The smallest absolute Gasteiger partial charge is 0.269 e. The highest BCUT2D eigenvalue weighted by Gasteiger charge is 2.11. The lowest BCUT2D eigenvalue weighted by atomic mass is 10.3. The Kier molecular flexibility index (Phi) is 5.48. The number of non-ortho nitro benzene ring substituents is 1. The lowest BCUT2D eigenvalue weighted by Gasteiger charge is -2.16. The number of nitro benzene ring substituents is 1. The van der Waals surface area contributed by atoms with Crippen molar-refractivity contribution < 1.29 is 9.72 Å². The first-order valence-corrected chi connectivity index (χ1v) is 7.55. The van der Waals surface area contributed by atoms with Crippen molar-refractivity contribution in [2.75, 3.05) is 12.8 Å². The van der Waals surface area contributed by atoms with Crippen LogP contribution in [0.2, 0.25) is 0 Å². The summed E-state index contributed by atoms with van der Waals surface area (Å²) < 4.78 is 0. The Morgan fingerprint density at radius 3 is 2.64 bits per heavy atom. The minimum atomic E-state index is -0.443. The van der Waals surface area contributed by atoms with Gasteiger partial charge in [-0.05, 0) is 23.8 Å². The van der Waals surface area contributed by atoms with Crippen LogP contribution in [0, 0.1) is 10.1 Å². The summed E-state index contributed by atoms with van der Waals surface area (Å²) >= 11 is 1.36. The summed E-state index contributed by atoms with van der Waals surface area (Å²) in [4.78, 5) is 28.7. The van der Waals surface area contributed by atoms with Gasteiger partial charge in [-0.25, -0.2) is 0 Å². The molecule has 0 aliphatic heterocycles. The molecule has 0 saturated heterocycles. The second-order valence-electron chi connectivity index (χ2n) is 4.65. The van der Waals surface area contributed by atoms with Crippen molar-refractivity contribution in [3.63, 3.8) is 0 Å². The van der Waals surface area contributed by atoms with Gasteiger partial charge in [-0.1, -0.05) is 6.07 Å². The van der Waals surface area contributed by atoms with E-state index in [1.54, 1.807) is 36.5 Å². The molecule has 2 rings (SSSR count). The minimum Gasteiger partial charge on any atom is -0.341 e. The Labute approximate surface area is 132 Å². The number of pyridine rings is 1. The lowest BCUT2D eigenvalue weighted by molar-refractivity contribution is -0.384. The zero-order valence-electron chi connectivity index (χ0n) is 12.0. The summed E-state index contributed by atoms with van der Waals surface area (Å²) in [6, 6.07) is 9.92. The van der Waals surface area contributed by atoms with Gasteiger partial charge in [0, 0.05) is 43.0 Å². The second kappa shape index (κ2) is 7.56. The van der Waals surface area contributed by atoms with Gasteiger partial charge in [0.1, 0.15) is 0 Å². The SMILES string of the molecule is CN(Cc1cccnc1)C(=O)CSc1ccc([N+](=O)[O-])cc1. The van der Waals surface area contributed by atoms with E-state index in [2.05, 4.69) is 4.98 Å². The minimum absolute atomic E-state index is 0.00722. The maximum atomic E-state index is 12.1. The summed E-state index contributed by atoms with van der Waals surface area (Å²) in [7, 11) is 1.74. The Bertz CT molecular complexity index is 647. The van der Waals surface area contributed by atoms with Gasteiger partial charge >= 0.3 is 0 Å². The van der Waals surface area contributed by atoms with Gasteiger partial charge in [-0.2, -0.15) is 0 Å². The van der Waals surface area contributed by atoms with Crippen molar-refractivity contribution in [3.05, 3.63) is 64.5 Å². The number of rotatable bonds is 6. The van der Waals surface area contributed by atoms with E-state index in [1.165, 1.54) is 23.9 Å². The fraction of sp³-hybridized carbons (Fsp3) is 0.200. The van der Waals surface area contributed by atoms with Crippen LogP contribution in [0.5, 0.6) is 0 Å². The first kappa shape index (κ1) is 16.0. The maximum Gasteiger partial charge on any atom is 0.269 e. The van der Waals surface area contributed by atoms with E-state index < -0.39 is 4.92 Å². The van der Waals surface area contributed by atoms with Crippen LogP contribution < -0.4 is 0 Å². The van der Waals surface area contributed by atoms with Gasteiger partial charge in [0.25, 0.3) is 5.69 Å². The zero-order chi connectivity index (χ0) is 15.9. The van der Waals surface area contributed by atoms with Crippen molar-refractivity contribution in [2.45, 2.75) is 11.4 Å². The van der Waals surface area contributed by atoms with Crippen molar-refractivity contribution in [1.82, 2.24) is 9.88 Å². The van der Waals surface area contributed by atoms with Crippen LogP contribution in [0.4, 0.5) is 5.69 Å². The summed E-state index contributed by atoms with van der Waals surface area (Å²) in [6.07, 6.45) is 3.42. The molecule has 0 aliphatic carbocycles. The molecule has 7 heteroatoms. The third-order valence-corrected chi connectivity index (χ3v) is 3.97. The van der Waals surface area contributed by atoms with Crippen LogP contribution in [-0.2, 0) is 11.3 Å². The standard InChI is InChI=1S/C15H15N3O3S/c1-17(10-12-3-2-8-16-9-12)15(19)11-22-14-6-4-13(5-7-14)18(20)21/h2-9H,10-11H2,1H3. The van der Waals surface area contributed by atoms with Crippen LogP contribution in [0.1, 0.15) is 5.56 Å².